The lowest BCUT2D eigenvalue weighted by molar-refractivity contribution is -0.385. The number of nitro benzene ring substituents is 1. The van der Waals surface area contributed by atoms with Gasteiger partial charge in [-0.15, -0.1) is 0 Å². The monoisotopic (exact) mass is 211 g/mol. The molecule has 1 aromatic carbocycles. The number of rotatable bonds is 3. The minimum atomic E-state index is -0.537. The predicted octanol–water partition coefficient (Wildman–Crippen LogP) is 2.62. The zero-order valence-electron chi connectivity index (χ0n) is 8.20. The lowest BCUT2D eigenvalue weighted by atomic mass is 10.1. The van der Waals surface area contributed by atoms with Crippen LogP contribution in [0.15, 0.2) is 12.1 Å². The van der Waals surface area contributed by atoms with Crippen LogP contribution < -0.4 is 4.74 Å². The molecule has 1 aliphatic rings. The minimum absolute atomic E-state index is 0.0456. The van der Waals surface area contributed by atoms with Crippen LogP contribution in [0.4, 0.5) is 10.1 Å². The van der Waals surface area contributed by atoms with Crippen molar-refractivity contribution >= 4 is 5.69 Å². The van der Waals surface area contributed by atoms with Gasteiger partial charge in [-0.1, -0.05) is 0 Å². The van der Waals surface area contributed by atoms with Gasteiger partial charge in [-0.3, -0.25) is 10.1 Å². The van der Waals surface area contributed by atoms with Crippen LogP contribution in [0.3, 0.4) is 0 Å². The second kappa shape index (κ2) is 3.49. The van der Waals surface area contributed by atoms with Gasteiger partial charge in [0.05, 0.1) is 18.1 Å². The smallest absolute Gasteiger partial charge is 0.276 e. The highest BCUT2D eigenvalue weighted by Crippen LogP contribution is 2.45. The molecule has 5 heteroatoms. The molecule has 0 atom stereocenters. The van der Waals surface area contributed by atoms with E-state index in [0.29, 0.717) is 5.56 Å². The predicted molar refractivity (Wildman–Crippen MR) is 51.6 cm³/mol. The van der Waals surface area contributed by atoms with E-state index in [2.05, 4.69) is 0 Å². The maximum Gasteiger partial charge on any atom is 0.276 e. The Morgan fingerprint density at radius 1 is 1.53 bits per heavy atom. The van der Waals surface area contributed by atoms with Crippen LogP contribution in [0.1, 0.15) is 24.3 Å². The van der Waals surface area contributed by atoms with E-state index in [4.69, 9.17) is 4.74 Å². The third-order valence-corrected chi connectivity index (χ3v) is 2.51. The third-order valence-electron chi connectivity index (χ3n) is 2.51. The van der Waals surface area contributed by atoms with Crippen molar-refractivity contribution in [2.75, 3.05) is 7.11 Å². The largest absolute Gasteiger partial charge is 0.493 e. The number of halogens is 1. The fourth-order valence-corrected chi connectivity index (χ4v) is 1.59. The molecule has 4 nitrogen and oxygen atoms in total. The first-order valence-corrected chi connectivity index (χ1v) is 4.65. The molecule has 1 saturated carbocycles. The van der Waals surface area contributed by atoms with Crippen LogP contribution in [-0.2, 0) is 0 Å². The van der Waals surface area contributed by atoms with Gasteiger partial charge in [0, 0.05) is 5.56 Å². The van der Waals surface area contributed by atoms with E-state index in [1.807, 2.05) is 0 Å². The van der Waals surface area contributed by atoms with Crippen LogP contribution in [0.2, 0.25) is 0 Å². The number of benzene rings is 1. The van der Waals surface area contributed by atoms with Crippen molar-refractivity contribution in [3.8, 4) is 5.75 Å². The van der Waals surface area contributed by atoms with Crippen LogP contribution >= 0.6 is 0 Å². The van der Waals surface area contributed by atoms with E-state index < -0.39 is 10.7 Å². The topological polar surface area (TPSA) is 52.4 Å². The summed E-state index contributed by atoms with van der Waals surface area (Å²) in [6.45, 7) is 0. The SMILES string of the molecule is COc1cc([N+](=O)[O-])c(C2CC2)cc1F. The summed E-state index contributed by atoms with van der Waals surface area (Å²) >= 11 is 0. The molecule has 1 fully saturated rings. The Morgan fingerprint density at radius 3 is 2.67 bits per heavy atom. The Bertz CT molecular complexity index is 415. The molecule has 0 unspecified atom stereocenters. The van der Waals surface area contributed by atoms with Crippen molar-refractivity contribution in [1.29, 1.82) is 0 Å². The molecule has 0 amide bonds. The van der Waals surface area contributed by atoms with Crippen molar-refractivity contribution in [3.63, 3.8) is 0 Å². The Hall–Kier alpha value is -1.65. The Morgan fingerprint density at radius 2 is 2.20 bits per heavy atom. The summed E-state index contributed by atoms with van der Waals surface area (Å²) in [6, 6.07) is 2.37. The number of hydrogen-bond donors (Lipinski definition) is 0. The van der Waals surface area contributed by atoms with Crippen molar-refractivity contribution < 1.29 is 14.1 Å². The lowest BCUT2D eigenvalue weighted by Gasteiger charge is -2.05. The molecule has 1 aromatic rings. The average molecular weight is 211 g/mol. The molecular formula is C10H10FNO3. The molecule has 1 aliphatic carbocycles. The second-order valence-corrected chi connectivity index (χ2v) is 3.58. The molecule has 0 saturated heterocycles. The van der Waals surface area contributed by atoms with Gasteiger partial charge in [-0.2, -0.15) is 0 Å². The molecule has 0 heterocycles. The van der Waals surface area contributed by atoms with E-state index in [0.717, 1.165) is 18.9 Å². The van der Waals surface area contributed by atoms with Gasteiger partial charge in [-0.05, 0) is 24.8 Å². The van der Waals surface area contributed by atoms with Crippen LogP contribution in [0, 0.1) is 15.9 Å². The lowest BCUT2D eigenvalue weighted by Crippen LogP contribution is -1.98. The summed E-state index contributed by atoms with van der Waals surface area (Å²) in [5.74, 6) is -0.470. The quantitative estimate of drug-likeness (QED) is 0.570. The van der Waals surface area contributed by atoms with Gasteiger partial charge in [0.15, 0.2) is 11.6 Å². The van der Waals surface area contributed by atoms with Crippen LogP contribution in [0.5, 0.6) is 5.75 Å². The molecule has 15 heavy (non-hydrogen) atoms. The fourth-order valence-electron chi connectivity index (χ4n) is 1.59. The van der Waals surface area contributed by atoms with Crippen molar-refractivity contribution in [2.45, 2.75) is 18.8 Å². The number of ether oxygens (including phenoxy) is 1. The number of methoxy groups -OCH3 is 1. The van der Waals surface area contributed by atoms with Gasteiger partial charge in [0.25, 0.3) is 5.69 Å². The minimum Gasteiger partial charge on any atom is -0.493 e. The second-order valence-electron chi connectivity index (χ2n) is 3.58. The maximum absolute atomic E-state index is 13.3. The van der Waals surface area contributed by atoms with Crippen LogP contribution in [-0.4, -0.2) is 12.0 Å². The zero-order chi connectivity index (χ0) is 11.0. The van der Waals surface area contributed by atoms with Gasteiger partial charge < -0.3 is 4.74 Å². The molecule has 2 rings (SSSR count). The summed E-state index contributed by atoms with van der Waals surface area (Å²) in [5, 5.41) is 10.8. The van der Waals surface area contributed by atoms with Gasteiger partial charge >= 0.3 is 0 Å². The maximum atomic E-state index is 13.3. The Balaban J connectivity index is 2.52. The standard InChI is InChI=1S/C10H10FNO3/c1-15-10-5-9(12(13)14)7(4-8(10)11)6-2-3-6/h4-6H,2-3H2,1H3. The Kier molecular flexibility index (Phi) is 2.30. The summed E-state index contributed by atoms with van der Waals surface area (Å²) in [5.41, 5.74) is 0.439. The number of nitro groups is 1. The van der Waals surface area contributed by atoms with E-state index in [-0.39, 0.29) is 17.4 Å². The third kappa shape index (κ3) is 1.77. The van der Waals surface area contributed by atoms with E-state index in [1.165, 1.54) is 13.2 Å². The molecule has 0 radical (unpaired) electrons. The van der Waals surface area contributed by atoms with Crippen molar-refractivity contribution in [3.05, 3.63) is 33.6 Å². The molecule has 0 spiro atoms. The fraction of sp³-hybridized carbons (Fsp3) is 0.400. The molecule has 0 bridgehead atoms. The van der Waals surface area contributed by atoms with Gasteiger partial charge in [0.1, 0.15) is 0 Å². The van der Waals surface area contributed by atoms with Crippen molar-refractivity contribution in [1.82, 2.24) is 0 Å². The van der Waals surface area contributed by atoms with E-state index in [1.54, 1.807) is 0 Å². The van der Waals surface area contributed by atoms with E-state index in [9.17, 15) is 14.5 Å². The summed E-state index contributed by atoms with van der Waals surface area (Å²) < 4.78 is 18.0. The summed E-state index contributed by atoms with van der Waals surface area (Å²) in [7, 11) is 1.29. The molecule has 0 N–H and O–H groups in total. The molecular weight excluding hydrogens is 201 g/mol. The van der Waals surface area contributed by atoms with Crippen LogP contribution in [0.25, 0.3) is 0 Å². The highest BCUT2D eigenvalue weighted by Gasteiger charge is 2.32. The zero-order valence-corrected chi connectivity index (χ0v) is 8.20. The first-order chi connectivity index (χ1) is 7.13. The first kappa shape index (κ1) is 9.89. The average Bonchev–Trinajstić information content (AvgIpc) is 3.00. The van der Waals surface area contributed by atoms with E-state index >= 15 is 0 Å². The highest BCUT2D eigenvalue weighted by atomic mass is 19.1. The normalized spacial score (nSPS) is 15.1. The van der Waals surface area contributed by atoms with Gasteiger partial charge in [0.2, 0.25) is 0 Å². The first-order valence-electron chi connectivity index (χ1n) is 4.65. The molecule has 80 valence electrons. The Labute approximate surface area is 85.8 Å². The van der Waals surface area contributed by atoms with Crippen molar-refractivity contribution in [2.24, 2.45) is 0 Å². The summed E-state index contributed by atoms with van der Waals surface area (Å²) in [6.07, 6.45) is 1.79. The molecule has 0 aromatic heterocycles. The van der Waals surface area contributed by atoms with Gasteiger partial charge in [-0.25, -0.2) is 4.39 Å². The number of nitrogens with zero attached hydrogens (tertiary/aromatic N) is 1. The highest BCUT2D eigenvalue weighted by molar-refractivity contribution is 5.50. The number of hydrogen-bond acceptors (Lipinski definition) is 3. The molecule has 0 aliphatic heterocycles. The summed E-state index contributed by atoms with van der Waals surface area (Å²) in [4.78, 5) is 10.3.